The van der Waals surface area contributed by atoms with E-state index in [0.717, 1.165) is 0 Å². The van der Waals surface area contributed by atoms with Crippen molar-refractivity contribution in [3.05, 3.63) is 52.1 Å². The minimum absolute atomic E-state index is 0.0252. The fourth-order valence-electron chi connectivity index (χ4n) is 2.23. The summed E-state index contributed by atoms with van der Waals surface area (Å²) >= 11 is 13.4. The zero-order valence-corrected chi connectivity index (χ0v) is 16.2. The molecule has 2 heterocycles. The number of pyridine rings is 1. The maximum Gasteiger partial charge on any atom is 0.237 e. The Bertz CT molecular complexity index is 988. The van der Waals surface area contributed by atoms with Crippen molar-refractivity contribution in [3.63, 3.8) is 0 Å². The summed E-state index contributed by atoms with van der Waals surface area (Å²) in [4.78, 5) is 23.7. The normalized spacial score (nSPS) is 12.2. The van der Waals surface area contributed by atoms with Crippen LogP contribution in [0.4, 0.5) is 5.69 Å². The molecule has 1 atom stereocenters. The van der Waals surface area contributed by atoms with E-state index in [9.17, 15) is 9.59 Å². The lowest BCUT2D eigenvalue weighted by Crippen LogP contribution is -2.22. The predicted octanol–water partition coefficient (Wildman–Crippen LogP) is 4.36. The number of carbonyl (C=O) groups is 2. The molecule has 0 aliphatic carbocycles. The first-order chi connectivity index (χ1) is 12.3. The molecule has 1 aromatic carbocycles. The molecule has 0 spiro atoms. The van der Waals surface area contributed by atoms with Gasteiger partial charge in [-0.15, -0.1) is 10.2 Å². The monoisotopic (exact) mass is 408 g/mol. The van der Waals surface area contributed by atoms with Gasteiger partial charge in [-0.3, -0.25) is 14.0 Å². The molecule has 6 nitrogen and oxygen atoms in total. The SMILES string of the molecule is CC(=O)c1ccc(NC(=O)[C@H](C)Sc2nnc3c(Cl)cc(Cl)cn23)cc1. The van der Waals surface area contributed by atoms with Crippen molar-refractivity contribution in [1.82, 2.24) is 14.6 Å². The molecule has 26 heavy (non-hydrogen) atoms. The summed E-state index contributed by atoms with van der Waals surface area (Å²) in [5.74, 6) is -0.224. The Kier molecular flexibility index (Phi) is 5.50. The molecule has 1 N–H and O–H groups in total. The molecule has 0 saturated carbocycles. The van der Waals surface area contributed by atoms with Gasteiger partial charge in [0.2, 0.25) is 5.91 Å². The van der Waals surface area contributed by atoms with Gasteiger partial charge in [0, 0.05) is 17.4 Å². The maximum absolute atomic E-state index is 12.4. The van der Waals surface area contributed by atoms with Crippen LogP contribution in [0.5, 0.6) is 0 Å². The standard InChI is InChI=1S/C17H14Cl2N4O2S/c1-9(24)11-3-5-13(6-4-11)20-16(25)10(2)26-17-22-21-15-14(19)7-12(18)8-23(15)17/h3-8,10H,1-2H3,(H,20,25)/t10-/m0/s1. The zero-order chi connectivity index (χ0) is 18.8. The Labute approximate surface area is 163 Å². The second kappa shape index (κ2) is 7.65. The quantitative estimate of drug-likeness (QED) is 0.501. The number of benzene rings is 1. The minimum Gasteiger partial charge on any atom is -0.325 e. The van der Waals surface area contributed by atoms with Crippen LogP contribution < -0.4 is 5.32 Å². The smallest absolute Gasteiger partial charge is 0.237 e. The van der Waals surface area contributed by atoms with E-state index in [0.29, 0.717) is 32.1 Å². The number of aromatic nitrogens is 3. The van der Waals surface area contributed by atoms with E-state index < -0.39 is 5.25 Å². The van der Waals surface area contributed by atoms with Crippen LogP contribution in [0.1, 0.15) is 24.2 Å². The first-order valence-corrected chi connectivity index (χ1v) is 9.27. The number of thioether (sulfide) groups is 1. The molecule has 0 fully saturated rings. The lowest BCUT2D eigenvalue weighted by atomic mass is 10.1. The third-order valence-corrected chi connectivity index (χ3v) is 5.15. The van der Waals surface area contributed by atoms with Gasteiger partial charge in [-0.2, -0.15) is 0 Å². The molecule has 1 amide bonds. The summed E-state index contributed by atoms with van der Waals surface area (Å²) in [5.41, 5.74) is 1.68. The van der Waals surface area contributed by atoms with Crippen molar-refractivity contribution in [2.75, 3.05) is 5.32 Å². The largest absolute Gasteiger partial charge is 0.325 e. The predicted molar refractivity (Wildman–Crippen MR) is 103 cm³/mol. The minimum atomic E-state index is -0.437. The summed E-state index contributed by atoms with van der Waals surface area (Å²) in [6, 6.07) is 8.32. The van der Waals surface area contributed by atoms with E-state index in [1.54, 1.807) is 47.9 Å². The molecule has 0 saturated heterocycles. The van der Waals surface area contributed by atoms with Gasteiger partial charge in [0.1, 0.15) is 0 Å². The first-order valence-electron chi connectivity index (χ1n) is 7.63. The molecule has 0 bridgehead atoms. The molecule has 2 aromatic heterocycles. The third-order valence-electron chi connectivity index (χ3n) is 3.61. The van der Waals surface area contributed by atoms with E-state index in [1.165, 1.54) is 18.7 Å². The summed E-state index contributed by atoms with van der Waals surface area (Å²) in [5, 5.41) is 11.8. The summed E-state index contributed by atoms with van der Waals surface area (Å²) in [6.07, 6.45) is 1.65. The van der Waals surface area contributed by atoms with Crippen LogP contribution in [0, 0.1) is 0 Å². The van der Waals surface area contributed by atoms with Crippen molar-refractivity contribution >= 4 is 58.0 Å². The highest BCUT2D eigenvalue weighted by Gasteiger charge is 2.19. The van der Waals surface area contributed by atoms with Crippen LogP contribution in [0.3, 0.4) is 0 Å². The van der Waals surface area contributed by atoms with Crippen molar-refractivity contribution in [2.45, 2.75) is 24.3 Å². The van der Waals surface area contributed by atoms with Gasteiger partial charge in [-0.1, -0.05) is 35.0 Å². The van der Waals surface area contributed by atoms with Gasteiger partial charge in [-0.05, 0) is 44.2 Å². The molecular formula is C17H14Cl2N4O2S. The van der Waals surface area contributed by atoms with Crippen molar-refractivity contribution < 1.29 is 9.59 Å². The number of anilines is 1. The lowest BCUT2D eigenvalue weighted by molar-refractivity contribution is -0.115. The van der Waals surface area contributed by atoms with E-state index in [4.69, 9.17) is 23.2 Å². The highest BCUT2D eigenvalue weighted by atomic mass is 35.5. The number of nitrogens with zero attached hydrogens (tertiary/aromatic N) is 3. The fourth-order valence-corrected chi connectivity index (χ4v) is 3.56. The maximum atomic E-state index is 12.4. The molecule has 0 aliphatic heterocycles. The molecule has 0 radical (unpaired) electrons. The average Bonchev–Trinajstić information content (AvgIpc) is 2.98. The number of halogens is 2. The number of nitrogens with one attached hydrogen (secondary N) is 1. The summed E-state index contributed by atoms with van der Waals surface area (Å²) < 4.78 is 1.65. The average molecular weight is 409 g/mol. The number of Topliss-reactive ketones (excluding diaryl/α,β-unsaturated/α-hetero) is 1. The van der Waals surface area contributed by atoms with Crippen LogP contribution in [-0.4, -0.2) is 31.5 Å². The fraction of sp³-hybridized carbons (Fsp3) is 0.176. The van der Waals surface area contributed by atoms with E-state index in [1.807, 2.05) is 0 Å². The van der Waals surface area contributed by atoms with Crippen LogP contribution in [0.25, 0.3) is 5.65 Å². The van der Waals surface area contributed by atoms with Gasteiger partial charge in [-0.25, -0.2) is 0 Å². The van der Waals surface area contributed by atoms with Gasteiger partial charge >= 0.3 is 0 Å². The Morgan fingerprint density at radius 3 is 2.54 bits per heavy atom. The Hall–Kier alpha value is -2.09. The number of hydrogen-bond acceptors (Lipinski definition) is 5. The van der Waals surface area contributed by atoms with Crippen LogP contribution in [-0.2, 0) is 4.79 Å². The summed E-state index contributed by atoms with van der Waals surface area (Å²) in [7, 11) is 0. The lowest BCUT2D eigenvalue weighted by Gasteiger charge is -2.11. The number of hydrogen-bond donors (Lipinski definition) is 1. The van der Waals surface area contributed by atoms with Gasteiger partial charge in [0.25, 0.3) is 0 Å². The van der Waals surface area contributed by atoms with Crippen molar-refractivity contribution in [3.8, 4) is 0 Å². The highest BCUT2D eigenvalue weighted by Crippen LogP contribution is 2.28. The number of amides is 1. The third kappa shape index (κ3) is 4.00. The Balaban J connectivity index is 1.72. The Morgan fingerprint density at radius 1 is 1.19 bits per heavy atom. The molecule has 134 valence electrons. The van der Waals surface area contributed by atoms with E-state index in [2.05, 4.69) is 15.5 Å². The van der Waals surface area contributed by atoms with Crippen LogP contribution >= 0.6 is 35.0 Å². The number of fused-ring (bicyclic) bond motifs is 1. The molecule has 3 aromatic rings. The highest BCUT2D eigenvalue weighted by molar-refractivity contribution is 8.00. The number of ketones is 1. The van der Waals surface area contributed by atoms with E-state index in [-0.39, 0.29) is 11.7 Å². The van der Waals surface area contributed by atoms with Crippen molar-refractivity contribution in [2.24, 2.45) is 0 Å². The molecule has 9 heteroatoms. The van der Waals surface area contributed by atoms with Gasteiger partial charge < -0.3 is 5.32 Å². The molecule has 3 rings (SSSR count). The zero-order valence-electron chi connectivity index (χ0n) is 13.9. The van der Waals surface area contributed by atoms with Crippen LogP contribution in [0.2, 0.25) is 10.0 Å². The Morgan fingerprint density at radius 2 is 1.88 bits per heavy atom. The summed E-state index contributed by atoms with van der Waals surface area (Å²) in [6.45, 7) is 3.25. The van der Waals surface area contributed by atoms with Crippen molar-refractivity contribution in [1.29, 1.82) is 0 Å². The molecule has 0 unspecified atom stereocenters. The van der Waals surface area contributed by atoms with E-state index >= 15 is 0 Å². The molecule has 0 aliphatic rings. The topological polar surface area (TPSA) is 76.4 Å². The second-order valence-corrected chi connectivity index (χ2v) is 7.72. The van der Waals surface area contributed by atoms with Crippen LogP contribution in [0.15, 0.2) is 41.7 Å². The first kappa shape index (κ1) is 18.7. The molecular weight excluding hydrogens is 395 g/mol. The second-order valence-electron chi connectivity index (χ2n) is 5.57. The van der Waals surface area contributed by atoms with Gasteiger partial charge in [0.15, 0.2) is 16.6 Å². The number of carbonyl (C=O) groups excluding carboxylic acids is 2. The number of rotatable bonds is 5. The van der Waals surface area contributed by atoms with Gasteiger partial charge in [0.05, 0.1) is 15.3 Å².